The second kappa shape index (κ2) is 13.5. The maximum absolute atomic E-state index is 7.42. The molecular formula is C60H37NO2S. The van der Waals surface area contributed by atoms with Crippen molar-refractivity contribution in [3.8, 4) is 33.8 Å². The van der Waals surface area contributed by atoms with E-state index in [1.807, 2.05) is 17.4 Å². The van der Waals surface area contributed by atoms with Gasteiger partial charge < -0.3 is 14.1 Å². The van der Waals surface area contributed by atoms with Gasteiger partial charge in [0.2, 0.25) is 0 Å². The minimum atomic E-state index is -0.668. The number of ether oxygens (including phenoxy) is 1. The Morgan fingerprint density at radius 2 is 1.05 bits per heavy atom. The molecule has 0 fully saturated rings. The Morgan fingerprint density at radius 1 is 0.422 bits per heavy atom. The van der Waals surface area contributed by atoms with Crippen LogP contribution in [0.2, 0.25) is 0 Å². The molecule has 12 aromatic rings. The molecule has 0 N–H and O–H groups in total. The van der Waals surface area contributed by atoms with E-state index in [0.717, 1.165) is 61.5 Å². The molecule has 64 heavy (non-hydrogen) atoms. The van der Waals surface area contributed by atoms with E-state index < -0.39 is 5.41 Å². The third-order valence-corrected chi connectivity index (χ3v) is 15.0. The fraction of sp³-hybridized carbons (Fsp3) is 0.0333. The molecule has 0 bridgehead atoms. The van der Waals surface area contributed by atoms with Gasteiger partial charge in [-0.3, -0.25) is 0 Å². The van der Waals surface area contributed by atoms with E-state index in [4.69, 9.17) is 9.15 Å². The standard InChI is InChI=1S/C60H37NO2S/c1-2-16-41-37(14-1)15-13-21-42(41)48-31-28-38(58-59(48)63-55-26-11-9-24-52(55)60(58)50-22-7-3-17-43(50)44-18-4-8-23-51(44)60)36-61(39-30-33-54-49(34-39)45-19-5-10-25-53(45)62-54)40-29-32-47-46-20-6-12-27-56(46)64-57(47)35-40/h1-35H,36H2. The van der Waals surface area contributed by atoms with Crippen LogP contribution in [0.25, 0.3) is 75.1 Å². The molecule has 3 nitrogen and oxygen atoms in total. The lowest BCUT2D eigenvalue weighted by Gasteiger charge is -2.42. The van der Waals surface area contributed by atoms with Crippen LogP contribution >= 0.6 is 11.3 Å². The summed E-state index contributed by atoms with van der Waals surface area (Å²) in [5, 5.41) is 7.18. The van der Waals surface area contributed by atoms with Crippen molar-refractivity contribution in [1.29, 1.82) is 0 Å². The minimum Gasteiger partial charge on any atom is -0.456 e. The van der Waals surface area contributed by atoms with E-state index in [-0.39, 0.29) is 0 Å². The Balaban J connectivity index is 1.08. The highest BCUT2D eigenvalue weighted by atomic mass is 32.1. The topological polar surface area (TPSA) is 25.6 Å². The summed E-state index contributed by atoms with van der Waals surface area (Å²) in [7, 11) is 0. The quantitative estimate of drug-likeness (QED) is 0.173. The molecule has 4 heteroatoms. The Bertz CT molecular complexity index is 3840. The van der Waals surface area contributed by atoms with Crippen LogP contribution in [0.5, 0.6) is 11.5 Å². The van der Waals surface area contributed by atoms with E-state index in [1.54, 1.807) is 0 Å². The van der Waals surface area contributed by atoms with Crippen molar-refractivity contribution in [2.75, 3.05) is 4.90 Å². The number of fused-ring (bicyclic) bond motifs is 16. The Hall–Kier alpha value is -7.92. The lowest BCUT2D eigenvalue weighted by atomic mass is 9.64. The Kier molecular flexibility index (Phi) is 7.54. The first kappa shape index (κ1) is 35.7. The number of thiophene rings is 1. The number of hydrogen-bond acceptors (Lipinski definition) is 4. The molecule has 300 valence electrons. The van der Waals surface area contributed by atoms with E-state index in [9.17, 15) is 0 Å². The molecule has 1 aliphatic heterocycles. The predicted octanol–water partition coefficient (Wildman–Crippen LogP) is 16.6. The van der Waals surface area contributed by atoms with Gasteiger partial charge in [-0.15, -0.1) is 11.3 Å². The fourth-order valence-electron chi connectivity index (χ4n) is 11.1. The van der Waals surface area contributed by atoms with Crippen molar-refractivity contribution < 1.29 is 9.15 Å². The summed E-state index contributed by atoms with van der Waals surface area (Å²) in [4.78, 5) is 2.50. The highest BCUT2D eigenvalue weighted by Crippen LogP contribution is 2.64. The van der Waals surface area contributed by atoms with Crippen molar-refractivity contribution in [3.05, 3.63) is 240 Å². The summed E-state index contributed by atoms with van der Waals surface area (Å²) in [5.41, 5.74) is 14.1. The summed E-state index contributed by atoms with van der Waals surface area (Å²) >= 11 is 1.85. The molecule has 1 spiro atoms. The van der Waals surface area contributed by atoms with Crippen molar-refractivity contribution in [3.63, 3.8) is 0 Å². The van der Waals surface area contributed by atoms with Gasteiger partial charge in [0.1, 0.15) is 22.7 Å². The van der Waals surface area contributed by atoms with Crippen LogP contribution in [0.4, 0.5) is 11.4 Å². The van der Waals surface area contributed by atoms with Crippen LogP contribution in [0.3, 0.4) is 0 Å². The van der Waals surface area contributed by atoms with Crippen LogP contribution in [0.15, 0.2) is 217 Å². The van der Waals surface area contributed by atoms with Gasteiger partial charge in [-0.25, -0.2) is 0 Å². The van der Waals surface area contributed by atoms with Crippen LogP contribution in [0, 0.1) is 0 Å². The second-order valence-corrected chi connectivity index (χ2v) is 18.2. The van der Waals surface area contributed by atoms with Gasteiger partial charge in [-0.05, 0) is 92.7 Å². The van der Waals surface area contributed by atoms with Gasteiger partial charge in [0, 0.05) is 65.6 Å². The first-order valence-corrected chi connectivity index (χ1v) is 22.8. The first-order valence-electron chi connectivity index (χ1n) is 21.9. The molecule has 2 aromatic heterocycles. The van der Waals surface area contributed by atoms with E-state index >= 15 is 0 Å². The number of benzene rings is 10. The first-order chi connectivity index (χ1) is 31.7. The molecule has 14 rings (SSSR count). The maximum Gasteiger partial charge on any atom is 0.140 e. The van der Waals surface area contributed by atoms with Gasteiger partial charge in [0.25, 0.3) is 0 Å². The van der Waals surface area contributed by atoms with E-state index in [1.165, 1.54) is 64.3 Å². The fourth-order valence-corrected chi connectivity index (χ4v) is 12.3. The molecule has 0 unspecified atom stereocenters. The molecule has 0 saturated carbocycles. The smallest absolute Gasteiger partial charge is 0.140 e. The summed E-state index contributed by atoms with van der Waals surface area (Å²) < 4.78 is 16.4. The SMILES string of the molecule is c1ccc2c(c1)Oc1c(-c3cccc4ccccc34)ccc(CN(c3ccc4c(c3)sc3ccccc34)c3ccc4oc5ccccc5c4c3)c1C21c2ccccc2-c2ccccc21. The molecule has 0 amide bonds. The monoisotopic (exact) mass is 835 g/mol. The van der Waals surface area contributed by atoms with Crippen LogP contribution in [0.1, 0.15) is 27.8 Å². The average Bonchev–Trinajstić information content (AvgIpc) is 4.01. The van der Waals surface area contributed by atoms with Gasteiger partial charge in [-0.2, -0.15) is 0 Å². The Labute approximate surface area is 373 Å². The van der Waals surface area contributed by atoms with Crippen LogP contribution in [-0.4, -0.2) is 0 Å². The highest BCUT2D eigenvalue weighted by Gasteiger charge is 2.52. The third-order valence-electron chi connectivity index (χ3n) is 13.8. The highest BCUT2D eigenvalue weighted by molar-refractivity contribution is 7.25. The van der Waals surface area contributed by atoms with Gasteiger partial charge in [0.05, 0.1) is 5.41 Å². The molecular weight excluding hydrogens is 799 g/mol. The van der Waals surface area contributed by atoms with Crippen molar-refractivity contribution in [2.24, 2.45) is 0 Å². The lowest BCUT2D eigenvalue weighted by molar-refractivity contribution is 0.436. The number of anilines is 2. The Morgan fingerprint density at radius 3 is 1.91 bits per heavy atom. The zero-order valence-electron chi connectivity index (χ0n) is 34.6. The van der Waals surface area contributed by atoms with Crippen LogP contribution < -0.4 is 9.64 Å². The zero-order valence-corrected chi connectivity index (χ0v) is 35.4. The molecule has 0 saturated heterocycles. The van der Waals surface area contributed by atoms with E-state index in [2.05, 4.69) is 211 Å². The summed E-state index contributed by atoms with van der Waals surface area (Å²) in [5.74, 6) is 1.78. The van der Waals surface area contributed by atoms with Crippen molar-refractivity contribution >= 4 is 75.6 Å². The van der Waals surface area contributed by atoms with Crippen molar-refractivity contribution in [1.82, 2.24) is 0 Å². The molecule has 1 aliphatic carbocycles. The average molecular weight is 836 g/mol. The number of hydrogen-bond donors (Lipinski definition) is 0. The van der Waals surface area contributed by atoms with Gasteiger partial charge in [-0.1, -0.05) is 164 Å². The maximum atomic E-state index is 7.42. The number of nitrogens with zero attached hydrogens (tertiary/aromatic N) is 1. The number of rotatable bonds is 5. The van der Waals surface area contributed by atoms with Crippen molar-refractivity contribution in [2.45, 2.75) is 12.0 Å². The molecule has 0 atom stereocenters. The summed E-state index contributed by atoms with van der Waals surface area (Å²) in [6.07, 6.45) is 0. The summed E-state index contributed by atoms with van der Waals surface area (Å²) in [6.45, 7) is 0.577. The predicted molar refractivity (Wildman–Crippen MR) is 266 cm³/mol. The number of furan rings is 1. The minimum absolute atomic E-state index is 0.577. The largest absolute Gasteiger partial charge is 0.456 e. The number of para-hydroxylation sites is 2. The normalized spacial score (nSPS) is 13.3. The summed E-state index contributed by atoms with van der Waals surface area (Å²) in [6, 6.07) is 77.5. The molecule has 10 aromatic carbocycles. The third kappa shape index (κ3) is 4.97. The molecule has 0 radical (unpaired) electrons. The second-order valence-electron chi connectivity index (χ2n) is 17.1. The van der Waals surface area contributed by atoms with E-state index in [0.29, 0.717) is 6.54 Å². The zero-order chi connectivity index (χ0) is 41.9. The molecule has 2 aliphatic rings. The molecule has 3 heterocycles. The van der Waals surface area contributed by atoms with Gasteiger partial charge >= 0.3 is 0 Å². The van der Waals surface area contributed by atoms with Crippen LogP contribution in [-0.2, 0) is 12.0 Å². The lowest BCUT2D eigenvalue weighted by Crippen LogP contribution is -2.34. The van der Waals surface area contributed by atoms with Gasteiger partial charge in [0.15, 0.2) is 0 Å².